The summed E-state index contributed by atoms with van der Waals surface area (Å²) in [7, 11) is 0. The second-order valence-corrected chi connectivity index (χ2v) is 8.72. The third kappa shape index (κ3) is 5.69. The number of carbonyl (C=O) groups is 1. The molecule has 0 aliphatic heterocycles. The normalized spacial score (nSPS) is 17.3. The maximum atomic E-state index is 13.8. The molecule has 1 aromatic heterocycles. The average Bonchev–Trinajstić information content (AvgIpc) is 2.66. The van der Waals surface area contributed by atoms with Gasteiger partial charge in [0.15, 0.2) is 11.6 Å². The Morgan fingerprint density at radius 3 is 2.61 bits per heavy atom. The Morgan fingerprint density at radius 1 is 1.42 bits per heavy atom. The highest BCUT2D eigenvalue weighted by molar-refractivity contribution is 6.14. The lowest BCUT2D eigenvalue weighted by Gasteiger charge is -2.31. The first-order valence-corrected chi connectivity index (χ1v) is 9.94. The standard InChI is InChI=1S/C24H29FN2O4/c1-14(2)19(25)13-31-21-9-7-8-16(22(21)26)10-17-11-20(28)18(23(29)30)12-27(17)15(3)24(4,5)6/h7-12,15,19,26H,1,13H2,2-6H3,(H,29,30)/b16-10+,26-22?. The predicted octanol–water partition coefficient (Wildman–Crippen LogP) is 4.94. The van der Waals surface area contributed by atoms with Crippen LogP contribution in [0.2, 0.25) is 0 Å². The van der Waals surface area contributed by atoms with Crippen molar-refractivity contribution < 1.29 is 19.0 Å². The molecule has 2 rings (SSSR count). The van der Waals surface area contributed by atoms with Gasteiger partial charge in [-0.25, -0.2) is 9.18 Å². The summed E-state index contributed by atoms with van der Waals surface area (Å²) in [6, 6.07) is 1.12. The lowest BCUT2D eigenvalue weighted by atomic mass is 9.87. The summed E-state index contributed by atoms with van der Waals surface area (Å²) < 4.78 is 21.0. The monoisotopic (exact) mass is 428 g/mol. The van der Waals surface area contributed by atoms with Gasteiger partial charge < -0.3 is 14.4 Å². The Kier molecular flexibility index (Phi) is 7.21. The number of carboxylic acid groups (broad SMARTS) is 1. The molecule has 0 amide bonds. The minimum absolute atomic E-state index is 0.0427. The second kappa shape index (κ2) is 9.29. The van der Waals surface area contributed by atoms with E-state index in [4.69, 9.17) is 10.1 Å². The molecular weight excluding hydrogens is 399 g/mol. The van der Waals surface area contributed by atoms with Gasteiger partial charge in [-0.1, -0.05) is 39.5 Å². The molecular formula is C24H29FN2O4. The molecule has 0 fully saturated rings. The Balaban J connectivity index is 2.47. The molecule has 2 N–H and O–H groups in total. The Hall–Kier alpha value is -3.22. The predicted molar refractivity (Wildman–Crippen MR) is 120 cm³/mol. The van der Waals surface area contributed by atoms with Crippen molar-refractivity contribution in [3.05, 3.63) is 75.5 Å². The Labute approximate surface area is 181 Å². The number of carboxylic acids is 1. The fraction of sp³-hybridized carbons (Fsp3) is 0.375. The molecule has 166 valence electrons. The minimum atomic E-state index is -1.34. The third-order valence-corrected chi connectivity index (χ3v) is 5.29. The van der Waals surface area contributed by atoms with Crippen molar-refractivity contribution in [3.8, 4) is 0 Å². The van der Waals surface area contributed by atoms with E-state index in [9.17, 15) is 19.1 Å². The molecule has 2 atom stereocenters. The number of nitrogens with one attached hydrogen (secondary N) is 1. The van der Waals surface area contributed by atoms with Gasteiger partial charge in [-0.15, -0.1) is 0 Å². The first kappa shape index (κ1) is 24.1. The molecule has 2 unspecified atom stereocenters. The highest BCUT2D eigenvalue weighted by atomic mass is 19.1. The number of hydrogen-bond acceptors (Lipinski definition) is 4. The van der Waals surface area contributed by atoms with Crippen LogP contribution in [-0.4, -0.2) is 34.1 Å². The molecule has 1 aliphatic rings. The van der Waals surface area contributed by atoms with Crippen LogP contribution in [-0.2, 0) is 4.74 Å². The van der Waals surface area contributed by atoms with Crippen molar-refractivity contribution in [2.24, 2.45) is 5.41 Å². The summed E-state index contributed by atoms with van der Waals surface area (Å²) in [6.07, 6.45) is 6.57. The molecule has 1 heterocycles. The summed E-state index contributed by atoms with van der Waals surface area (Å²) in [4.78, 5) is 23.8. The highest BCUT2D eigenvalue weighted by Gasteiger charge is 2.25. The first-order chi connectivity index (χ1) is 14.3. The zero-order valence-electron chi connectivity index (χ0n) is 18.5. The molecule has 1 aliphatic carbocycles. The van der Waals surface area contributed by atoms with Gasteiger partial charge in [-0.05, 0) is 37.0 Å². The van der Waals surface area contributed by atoms with Crippen LogP contribution >= 0.6 is 0 Å². The quantitative estimate of drug-likeness (QED) is 0.602. The van der Waals surface area contributed by atoms with Gasteiger partial charge in [-0.3, -0.25) is 10.2 Å². The summed E-state index contributed by atoms with van der Waals surface area (Å²) >= 11 is 0. The van der Waals surface area contributed by atoms with Crippen molar-refractivity contribution >= 4 is 17.8 Å². The van der Waals surface area contributed by atoms with Crippen LogP contribution in [0.4, 0.5) is 4.39 Å². The molecule has 31 heavy (non-hydrogen) atoms. The van der Waals surface area contributed by atoms with E-state index in [1.54, 1.807) is 35.8 Å². The second-order valence-electron chi connectivity index (χ2n) is 8.72. The smallest absolute Gasteiger partial charge is 0.341 e. The van der Waals surface area contributed by atoms with E-state index in [0.717, 1.165) is 0 Å². The number of halogens is 1. The number of rotatable bonds is 7. The minimum Gasteiger partial charge on any atom is -0.488 e. The van der Waals surface area contributed by atoms with Gasteiger partial charge in [0.05, 0.1) is 0 Å². The molecule has 0 saturated heterocycles. The zero-order valence-corrected chi connectivity index (χ0v) is 18.5. The van der Waals surface area contributed by atoms with Gasteiger partial charge in [0.2, 0.25) is 0 Å². The fourth-order valence-electron chi connectivity index (χ4n) is 2.85. The van der Waals surface area contributed by atoms with Crippen LogP contribution in [0.5, 0.6) is 0 Å². The van der Waals surface area contributed by atoms with Crippen LogP contribution in [0.1, 0.15) is 56.7 Å². The maximum absolute atomic E-state index is 13.8. The van der Waals surface area contributed by atoms with Crippen molar-refractivity contribution in [2.75, 3.05) is 6.61 Å². The average molecular weight is 429 g/mol. The molecule has 0 aromatic carbocycles. The van der Waals surface area contributed by atoms with E-state index in [0.29, 0.717) is 16.8 Å². The molecule has 7 heteroatoms. The lowest BCUT2D eigenvalue weighted by Crippen LogP contribution is -2.27. The van der Waals surface area contributed by atoms with E-state index in [-0.39, 0.29) is 35.1 Å². The summed E-state index contributed by atoms with van der Waals surface area (Å²) in [5.74, 6) is -1.08. The van der Waals surface area contributed by atoms with Crippen LogP contribution in [0.25, 0.3) is 6.08 Å². The molecule has 6 nitrogen and oxygen atoms in total. The lowest BCUT2D eigenvalue weighted by molar-refractivity contribution is 0.0693. The van der Waals surface area contributed by atoms with Crippen LogP contribution in [0, 0.1) is 10.8 Å². The van der Waals surface area contributed by atoms with E-state index < -0.39 is 17.6 Å². The zero-order chi connectivity index (χ0) is 23.5. The summed E-state index contributed by atoms with van der Waals surface area (Å²) in [5, 5.41) is 17.8. The molecule has 0 spiro atoms. The first-order valence-electron chi connectivity index (χ1n) is 9.94. The topological polar surface area (TPSA) is 92.4 Å². The number of ether oxygens (including phenoxy) is 1. The Bertz CT molecular complexity index is 1050. The van der Waals surface area contributed by atoms with Gasteiger partial charge in [0, 0.05) is 29.6 Å². The number of pyridine rings is 1. The SMILES string of the molecule is C=C(C)C(F)COC1=CC=C/C(=C\c2cc(=O)c(C(=O)O)cn2C(C)C(C)(C)C)C1=N. The number of alkyl halides is 1. The van der Waals surface area contributed by atoms with Crippen molar-refractivity contribution in [1.82, 2.24) is 4.57 Å². The van der Waals surface area contributed by atoms with Crippen LogP contribution in [0.3, 0.4) is 0 Å². The Morgan fingerprint density at radius 2 is 2.06 bits per heavy atom. The number of nitrogens with zero attached hydrogens (tertiary/aromatic N) is 1. The third-order valence-electron chi connectivity index (χ3n) is 5.29. The van der Waals surface area contributed by atoms with Crippen molar-refractivity contribution in [1.29, 1.82) is 5.41 Å². The van der Waals surface area contributed by atoms with E-state index >= 15 is 0 Å². The molecule has 1 aromatic rings. The highest BCUT2D eigenvalue weighted by Crippen LogP contribution is 2.31. The van der Waals surface area contributed by atoms with Crippen molar-refractivity contribution in [2.45, 2.75) is 46.8 Å². The fourth-order valence-corrected chi connectivity index (χ4v) is 2.85. The van der Waals surface area contributed by atoms with Gasteiger partial charge in [0.25, 0.3) is 0 Å². The van der Waals surface area contributed by atoms with E-state index in [2.05, 4.69) is 6.58 Å². The summed E-state index contributed by atoms with van der Waals surface area (Å²) in [5.41, 5.74) is 0.158. The molecule has 0 saturated carbocycles. The van der Waals surface area contributed by atoms with Crippen LogP contribution < -0.4 is 5.43 Å². The number of aromatic nitrogens is 1. The van der Waals surface area contributed by atoms with Gasteiger partial charge >= 0.3 is 5.97 Å². The number of allylic oxidation sites excluding steroid dienone is 4. The largest absolute Gasteiger partial charge is 0.488 e. The molecule has 0 bridgehead atoms. The van der Waals surface area contributed by atoms with Crippen molar-refractivity contribution in [3.63, 3.8) is 0 Å². The molecule has 0 radical (unpaired) electrons. The summed E-state index contributed by atoms with van der Waals surface area (Å²) in [6.45, 7) is 12.9. The maximum Gasteiger partial charge on any atom is 0.341 e. The van der Waals surface area contributed by atoms with Gasteiger partial charge in [0.1, 0.15) is 23.6 Å². The number of hydrogen-bond donors (Lipinski definition) is 2. The van der Waals surface area contributed by atoms with E-state index in [1.807, 2.05) is 27.7 Å². The number of aromatic carboxylic acids is 1. The van der Waals surface area contributed by atoms with Crippen LogP contribution in [0.15, 0.2) is 58.8 Å². The van der Waals surface area contributed by atoms with E-state index in [1.165, 1.54) is 12.3 Å². The van der Waals surface area contributed by atoms with Gasteiger partial charge in [-0.2, -0.15) is 0 Å².